The van der Waals surface area contributed by atoms with Gasteiger partial charge in [-0.3, -0.25) is 4.79 Å². The summed E-state index contributed by atoms with van der Waals surface area (Å²) in [7, 11) is 0. The maximum atomic E-state index is 12.1. The monoisotopic (exact) mass is 270 g/mol. The third-order valence-electron chi connectivity index (χ3n) is 2.28. The second kappa shape index (κ2) is 4.58. The molecule has 4 heteroatoms. The summed E-state index contributed by atoms with van der Waals surface area (Å²) >= 11 is 13.3. The molecule has 2 aromatic rings. The summed E-state index contributed by atoms with van der Waals surface area (Å²) in [6, 6.07) is 6.72. The number of thiophene rings is 1. The normalized spacial score (nSPS) is 10.4. The molecule has 0 amide bonds. The van der Waals surface area contributed by atoms with Crippen LogP contribution in [0, 0.1) is 6.92 Å². The Morgan fingerprint density at radius 3 is 2.50 bits per heavy atom. The zero-order valence-corrected chi connectivity index (χ0v) is 10.8. The summed E-state index contributed by atoms with van der Waals surface area (Å²) < 4.78 is 0. The summed E-state index contributed by atoms with van der Waals surface area (Å²) in [6.07, 6.45) is 0. The molecule has 0 atom stereocenters. The first-order valence-electron chi connectivity index (χ1n) is 4.63. The van der Waals surface area contributed by atoms with Gasteiger partial charge in [-0.05, 0) is 36.6 Å². The highest BCUT2D eigenvalue weighted by Gasteiger charge is 2.15. The van der Waals surface area contributed by atoms with Gasteiger partial charge < -0.3 is 0 Å². The van der Waals surface area contributed by atoms with Crippen molar-refractivity contribution in [1.82, 2.24) is 0 Å². The fourth-order valence-electron chi connectivity index (χ4n) is 1.44. The van der Waals surface area contributed by atoms with Gasteiger partial charge in [0.25, 0.3) is 0 Å². The number of aryl methyl sites for hydroxylation is 1. The molecule has 82 valence electrons. The summed E-state index contributed by atoms with van der Waals surface area (Å²) in [6.45, 7) is 1.92. The Balaban J connectivity index is 2.46. The van der Waals surface area contributed by atoms with Crippen molar-refractivity contribution >= 4 is 40.3 Å². The predicted molar refractivity (Wildman–Crippen MR) is 69.0 cm³/mol. The van der Waals surface area contributed by atoms with Crippen LogP contribution in [0.3, 0.4) is 0 Å². The van der Waals surface area contributed by atoms with Gasteiger partial charge in [-0.2, -0.15) is 0 Å². The smallest absolute Gasteiger partial charge is 0.195 e. The lowest BCUT2D eigenvalue weighted by Gasteiger charge is -2.03. The Hall–Kier alpha value is -0.830. The molecule has 0 unspecified atom stereocenters. The molecule has 1 nitrogen and oxygen atoms in total. The van der Waals surface area contributed by atoms with Crippen molar-refractivity contribution in [3.63, 3.8) is 0 Å². The lowest BCUT2D eigenvalue weighted by molar-refractivity contribution is 0.103. The molecule has 0 fully saturated rings. The van der Waals surface area contributed by atoms with Crippen LogP contribution in [0.1, 0.15) is 20.8 Å². The number of benzene rings is 1. The first-order chi connectivity index (χ1) is 7.59. The van der Waals surface area contributed by atoms with E-state index in [1.807, 2.05) is 18.4 Å². The number of halogens is 2. The summed E-state index contributed by atoms with van der Waals surface area (Å²) in [5, 5.41) is 2.82. The van der Waals surface area contributed by atoms with Crippen LogP contribution >= 0.6 is 34.5 Å². The van der Waals surface area contributed by atoms with Gasteiger partial charge in [-0.25, -0.2) is 0 Å². The van der Waals surface area contributed by atoms with E-state index in [2.05, 4.69) is 0 Å². The van der Waals surface area contributed by atoms with E-state index in [1.165, 1.54) is 0 Å². The van der Waals surface area contributed by atoms with Crippen molar-refractivity contribution in [3.8, 4) is 0 Å². The Bertz CT molecular complexity index is 546. The third-order valence-corrected chi connectivity index (χ3v) is 3.67. The van der Waals surface area contributed by atoms with Gasteiger partial charge >= 0.3 is 0 Å². The fourth-order valence-corrected chi connectivity index (χ4v) is 2.63. The van der Waals surface area contributed by atoms with Gasteiger partial charge in [0.2, 0.25) is 0 Å². The number of ketones is 1. The van der Waals surface area contributed by atoms with E-state index in [4.69, 9.17) is 23.2 Å². The fraction of sp³-hybridized carbons (Fsp3) is 0.0833. The van der Waals surface area contributed by atoms with Crippen molar-refractivity contribution in [1.29, 1.82) is 0 Å². The molecule has 0 aliphatic heterocycles. The molecule has 1 aromatic carbocycles. The standard InChI is InChI=1S/C12H8Cl2OS/c1-7-9(4-5-16-7)12(15)10-3-2-8(13)6-11(10)14/h2-6H,1H3. The third kappa shape index (κ3) is 2.14. The second-order valence-electron chi connectivity index (χ2n) is 3.34. The average Bonchev–Trinajstić information content (AvgIpc) is 2.63. The van der Waals surface area contributed by atoms with Crippen LogP contribution in [0.25, 0.3) is 0 Å². The highest BCUT2D eigenvalue weighted by molar-refractivity contribution is 7.10. The number of carbonyl (C=O) groups is 1. The molecule has 2 rings (SSSR count). The number of hydrogen-bond donors (Lipinski definition) is 0. The van der Waals surface area contributed by atoms with Crippen molar-refractivity contribution in [2.24, 2.45) is 0 Å². The van der Waals surface area contributed by atoms with Crippen LogP contribution in [0.15, 0.2) is 29.6 Å². The first kappa shape index (κ1) is 11.6. The molecule has 0 aliphatic carbocycles. The molecule has 16 heavy (non-hydrogen) atoms. The molecule has 0 N–H and O–H groups in total. The molecule has 0 saturated heterocycles. The van der Waals surface area contributed by atoms with Gasteiger partial charge in [0.05, 0.1) is 5.02 Å². The number of rotatable bonds is 2. The molecule has 0 saturated carbocycles. The maximum absolute atomic E-state index is 12.1. The molecular weight excluding hydrogens is 263 g/mol. The largest absolute Gasteiger partial charge is 0.289 e. The van der Waals surface area contributed by atoms with Crippen molar-refractivity contribution in [2.75, 3.05) is 0 Å². The second-order valence-corrected chi connectivity index (χ2v) is 5.31. The molecule has 0 bridgehead atoms. The SMILES string of the molecule is Cc1sccc1C(=O)c1ccc(Cl)cc1Cl. The lowest BCUT2D eigenvalue weighted by atomic mass is 10.0. The van der Waals surface area contributed by atoms with Crippen molar-refractivity contribution in [2.45, 2.75) is 6.92 Å². The molecule has 0 spiro atoms. The molecule has 0 aliphatic rings. The van der Waals surface area contributed by atoms with E-state index in [1.54, 1.807) is 29.5 Å². The molecular formula is C12H8Cl2OS. The topological polar surface area (TPSA) is 17.1 Å². The van der Waals surface area contributed by atoms with Crippen molar-refractivity contribution in [3.05, 3.63) is 55.7 Å². The summed E-state index contributed by atoms with van der Waals surface area (Å²) in [4.78, 5) is 13.1. The molecule has 0 radical (unpaired) electrons. The lowest BCUT2D eigenvalue weighted by Crippen LogP contribution is -2.01. The summed E-state index contributed by atoms with van der Waals surface area (Å²) in [5.41, 5.74) is 1.20. The Labute approximate surface area is 108 Å². The van der Waals surface area contributed by atoms with Crippen LogP contribution < -0.4 is 0 Å². The highest BCUT2D eigenvalue weighted by Crippen LogP contribution is 2.26. The minimum Gasteiger partial charge on any atom is -0.289 e. The van der Waals surface area contributed by atoms with Crippen LogP contribution in [-0.4, -0.2) is 5.78 Å². The highest BCUT2D eigenvalue weighted by atomic mass is 35.5. The van der Waals surface area contributed by atoms with Gasteiger partial charge in [-0.15, -0.1) is 11.3 Å². The van der Waals surface area contributed by atoms with Crippen LogP contribution in [0.4, 0.5) is 0 Å². The minimum atomic E-state index is -0.0552. The minimum absolute atomic E-state index is 0.0552. The van der Waals surface area contributed by atoms with E-state index in [0.717, 1.165) is 4.88 Å². The van der Waals surface area contributed by atoms with E-state index < -0.39 is 0 Å². The predicted octanol–water partition coefficient (Wildman–Crippen LogP) is 4.59. The van der Waals surface area contributed by atoms with Gasteiger partial charge in [0.15, 0.2) is 5.78 Å². The Morgan fingerprint density at radius 2 is 1.94 bits per heavy atom. The van der Waals surface area contributed by atoms with Crippen LogP contribution in [0.2, 0.25) is 10.0 Å². The zero-order chi connectivity index (χ0) is 11.7. The Morgan fingerprint density at radius 1 is 1.19 bits per heavy atom. The average molecular weight is 271 g/mol. The molecule has 1 heterocycles. The van der Waals surface area contributed by atoms with Gasteiger partial charge in [0.1, 0.15) is 0 Å². The van der Waals surface area contributed by atoms with Crippen molar-refractivity contribution < 1.29 is 4.79 Å². The quantitative estimate of drug-likeness (QED) is 0.730. The van der Waals surface area contributed by atoms with E-state index in [0.29, 0.717) is 21.2 Å². The van der Waals surface area contributed by atoms with Crippen LogP contribution in [-0.2, 0) is 0 Å². The van der Waals surface area contributed by atoms with Crippen LogP contribution in [0.5, 0.6) is 0 Å². The number of hydrogen-bond acceptors (Lipinski definition) is 2. The first-order valence-corrected chi connectivity index (χ1v) is 6.27. The Kier molecular flexibility index (Phi) is 3.33. The van der Waals surface area contributed by atoms with Gasteiger partial charge in [0, 0.05) is 21.0 Å². The van der Waals surface area contributed by atoms with E-state index in [9.17, 15) is 4.79 Å². The van der Waals surface area contributed by atoms with E-state index in [-0.39, 0.29) is 5.78 Å². The number of carbonyl (C=O) groups excluding carboxylic acids is 1. The van der Waals surface area contributed by atoms with Gasteiger partial charge in [-0.1, -0.05) is 23.2 Å². The van der Waals surface area contributed by atoms with E-state index >= 15 is 0 Å². The summed E-state index contributed by atoms with van der Waals surface area (Å²) in [5.74, 6) is -0.0552. The molecule has 1 aromatic heterocycles. The zero-order valence-electron chi connectivity index (χ0n) is 8.46. The maximum Gasteiger partial charge on any atom is 0.195 e.